The first-order chi connectivity index (χ1) is 12.1. The van der Waals surface area contributed by atoms with Crippen LogP contribution in [0.1, 0.15) is 66.2 Å². The number of anilines is 1. The molecule has 25 heavy (non-hydrogen) atoms. The molecule has 0 aliphatic carbocycles. The second kappa shape index (κ2) is 12.6. The molecule has 0 unspecified atom stereocenters. The summed E-state index contributed by atoms with van der Waals surface area (Å²) in [5.41, 5.74) is 4.17. The first-order valence-corrected chi connectivity index (χ1v) is 9.74. The summed E-state index contributed by atoms with van der Waals surface area (Å²) in [7, 11) is 1.72. The second-order valence-electron chi connectivity index (χ2n) is 7.08. The minimum absolute atomic E-state index is 0.920. The average molecular weight is 344 g/mol. The molecule has 0 atom stereocenters. The molecule has 0 N–H and O–H groups in total. The van der Waals surface area contributed by atoms with Crippen LogP contribution in [0, 0.1) is 0 Å². The van der Waals surface area contributed by atoms with Gasteiger partial charge in [-0.1, -0.05) is 49.5 Å². The zero-order valence-electron chi connectivity index (χ0n) is 17.0. The number of hydrogen-bond acceptors (Lipinski definition) is 2. The second-order valence-corrected chi connectivity index (χ2v) is 7.08. The third-order valence-corrected chi connectivity index (χ3v) is 4.47. The Morgan fingerprint density at radius 2 is 1.72 bits per heavy atom. The standard InChI is InChI=1S/C23H37NO/c1-6-7-8-9-18-24(22-13-15-23(25-5)16-14-22)19-17-21(4)12-10-11-20(2)3/h11,13-17H,6-10,12,18-19H2,1-5H3/b21-17+. The maximum atomic E-state index is 5.29. The summed E-state index contributed by atoms with van der Waals surface area (Å²) >= 11 is 0. The van der Waals surface area contributed by atoms with Crippen LogP contribution in [0.2, 0.25) is 0 Å². The molecule has 2 nitrogen and oxygen atoms in total. The zero-order chi connectivity index (χ0) is 18.5. The van der Waals surface area contributed by atoms with E-state index >= 15 is 0 Å². The molecule has 0 saturated carbocycles. The minimum Gasteiger partial charge on any atom is -0.497 e. The number of unbranched alkanes of at least 4 members (excludes halogenated alkanes) is 3. The third kappa shape index (κ3) is 9.38. The molecule has 1 aromatic rings. The molecule has 1 rings (SSSR count). The molecule has 0 aliphatic heterocycles. The van der Waals surface area contributed by atoms with E-state index in [9.17, 15) is 0 Å². The number of allylic oxidation sites excluding steroid dienone is 3. The highest BCUT2D eigenvalue weighted by atomic mass is 16.5. The summed E-state index contributed by atoms with van der Waals surface area (Å²) in [4.78, 5) is 2.49. The van der Waals surface area contributed by atoms with E-state index < -0.39 is 0 Å². The highest BCUT2D eigenvalue weighted by molar-refractivity contribution is 5.49. The predicted octanol–water partition coefficient (Wildman–Crippen LogP) is 6.77. The van der Waals surface area contributed by atoms with Crippen molar-refractivity contribution in [2.75, 3.05) is 25.1 Å². The fourth-order valence-corrected chi connectivity index (χ4v) is 2.80. The van der Waals surface area contributed by atoms with Crippen molar-refractivity contribution in [3.05, 3.63) is 47.6 Å². The fourth-order valence-electron chi connectivity index (χ4n) is 2.80. The molecular formula is C23H37NO. The van der Waals surface area contributed by atoms with Gasteiger partial charge >= 0.3 is 0 Å². The summed E-state index contributed by atoms with van der Waals surface area (Å²) in [6, 6.07) is 8.45. The number of rotatable bonds is 12. The molecule has 0 heterocycles. The Morgan fingerprint density at radius 3 is 2.32 bits per heavy atom. The van der Waals surface area contributed by atoms with Crippen LogP contribution in [-0.4, -0.2) is 20.2 Å². The number of ether oxygens (including phenoxy) is 1. The van der Waals surface area contributed by atoms with Gasteiger partial charge in [0.1, 0.15) is 5.75 Å². The van der Waals surface area contributed by atoms with E-state index in [2.05, 4.69) is 69.0 Å². The van der Waals surface area contributed by atoms with E-state index in [1.165, 1.54) is 42.5 Å². The molecule has 0 saturated heterocycles. The van der Waals surface area contributed by atoms with Crippen molar-refractivity contribution < 1.29 is 4.74 Å². The van der Waals surface area contributed by atoms with Crippen LogP contribution in [0.25, 0.3) is 0 Å². The van der Waals surface area contributed by atoms with Gasteiger partial charge in [-0.25, -0.2) is 0 Å². The van der Waals surface area contributed by atoms with Crippen LogP contribution in [0.3, 0.4) is 0 Å². The van der Waals surface area contributed by atoms with Gasteiger partial charge in [0.25, 0.3) is 0 Å². The van der Waals surface area contributed by atoms with E-state index in [0.29, 0.717) is 0 Å². The van der Waals surface area contributed by atoms with Crippen molar-refractivity contribution in [3.63, 3.8) is 0 Å². The summed E-state index contributed by atoms with van der Waals surface area (Å²) in [5, 5.41) is 0. The molecule has 1 aromatic carbocycles. The van der Waals surface area contributed by atoms with Gasteiger partial charge in [-0.15, -0.1) is 0 Å². The molecular weight excluding hydrogens is 306 g/mol. The molecule has 0 amide bonds. The number of nitrogens with zero attached hydrogens (tertiary/aromatic N) is 1. The Hall–Kier alpha value is -1.70. The normalized spacial score (nSPS) is 11.3. The lowest BCUT2D eigenvalue weighted by atomic mass is 10.1. The predicted molar refractivity (Wildman–Crippen MR) is 112 cm³/mol. The summed E-state index contributed by atoms with van der Waals surface area (Å²) in [5.74, 6) is 0.920. The van der Waals surface area contributed by atoms with Crippen molar-refractivity contribution in [1.29, 1.82) is 0 Å². The summed E-state index contributed by atoms with van der Waals surface area (Å²) < 4.78 is 5.29. The molecule has 0 fully saturated rings. The Balaban J connectivity index is 2.67. The Kier molecular flexibility index (Phi) is 10.8. The quantitative estimate of drug-likeness (QED) is 0.306. The summed E-state index contributed by atoms with van der Waals surface area (Å²) in [6.07, 6.45) is 12.2. The van der Waals surface area contributed by atoms with Gasteiger partial charge in [0.05, 0.1) is 7.11 Å². The molecule has 0 bridgehead atoms. The van der Waals surface area contributed by atoms with E-state index in [-0.39, 0.29) is 0 Å². The van der Waals surface area contributed by atoms with Crippen molar-refractivity contribution in [2.45, 2.75) is 66.2 Å². The van der Waals surface area contributed by atoms with E-state index in [0.717, 1.165) is 31.7 Å². The van der Waals surface area contributed by atoms with Crippen molar-refractivity contribution in [3.8, 4) is 5.75 Å². The van der Waals surface area contributed by atoms with Crippen LogP contribution in [-0.2, 0) is 0 Å². The van der Waals surface area contributed by atoms with Gasteiger partial charge in [-0.05, 0) is 64.3 Å². The van der Waals surface area contributed by atoms with Crippen LogP contribution >= 0.6 is 0 Å². The van der Waals surface area contributed by atoms with Gasteiger partial charge in [-0.3, -0.25) is 0 Å². The lowest BCUT2D eigenvalue weighted by Gasteiger charge is -2.24. The van der Waals surface area contributed by atoms with Crippen molar-refractivity contribution >= 4 is 5.69 Å². The van der Waals surface area contributed by atoms with Crippen LogP contribution in [0.4, 0.5) is 5.69 Å². The van der Waals surface area contributed by atoms with Crippen LogP contribution in [0.15, 0.2) is 47.6 Å². The van der Waals surface area contributed by atoms with E-state index in [1.807, 2.05) is 0 Å². The monoisotopic (exact) mass is 343 g/mol. The SMILES string of the molecule is CCCCCCN(C/C=C(\C)CCC=C(C)C)c1ccc(OC)cc1. The molecule has 0 aromatic heterocycles. The van der Waals surface area contributed by atoms with Gasteiger partial charge in [-0.2, -0.15) is 0 Å². The summed E-state index contributed by atoms with van der Waals surface area (Å²) in [6.45, 7) is 11.0. The van der Waals surface area contributed by atoms with Gasteiger partial charge in [0.2, 0.25) is 0 Å². The first-order valence-electron chi connectivity index (χ1n) is 9.74. The molecule has 0 aliphatic rings. The topological polar surface area (TPSA) is 12.5 Å². The Bertz CT molecular complexity index is 524. The lowest BCUT2D eigenvalue weighted by Crippen LogP contribution is -2.24. The Labute approximate surface area is 155 Å². The van der Waals surface area contributed by atoms with Gasteiger partial charge in [0, 0.05) is 18.8 Å². The maximum Gasteiger partial charge on any atom is 0.119 e. The molecule has 2 heteroatoms. The minimum atomic E-state index is 0.920. The van der Waals surface area contributed by atoms with E-state index in [4.69, 9.17) is 4.74 Å². The Morgan fingerprint density at radius 1 is 1.00 bits per heavy atom. The highest BCUT2D eigenvalue weighted by Crippen LogP contribution is 2.20. The number of hydrogen-bond donors (Lipinski definition) is 0. The molecule has 140 valence electrons. The smallest absolute Gasteiger partial charge is 0.119 e. The van der Waals surface area contributed by atoms with Gasteiger partial charge < -0.3 is 9.64 Å². The maximum absolute atomic E-state index is 5.29. The lowest BCUT2D eigenvalue weighted by molar-refractivity contribution is 0.415. The van der Waals surface area contributed by atoms with E-state index in [1.54, 1.807) is 7.11 Å². The number of benzene rings is 1. The van der Waals surface area contributed by atoms with Crippen molar-refractivity contribution in [2.24, 2.45) is 0 Å². The van der Waals surface area contributed by atoms with Gasteiger partial charge in [0.15, 0.2) is 0 Å². The number of methoxy groups -OCH3 is 1. The average Bonchev–Trinajstić information content (AvgIpc) is 2.61. The van der Waals surface area contributed by atoms with Crippen LogP contribution < -0.4 is 9.64 Å². The fraction of sp³-hybridized carbons (Fsp3) is 0.565. The molecule has 0 radical (unpaired) electrons. The molecule has 0 spiro atoms. The van der Waals surface area contributed by atoms with Crippen LogP contribution in [0.5, 0.6) is 5.75 Å². The largest absolute Gasteiger partial charge is 0.497 e. The van der Waals surface area contributed by atoms with Crippen molar-refractivity contribution in [1.82, 2.24) is 0 Å². The first kappa shape index (κ1) is 21.3. The zero-order valence-corrected chi connectivity index (χ0v) is 17.0. The third-order valence-electron chi connectivity index (χ3n) is 4.47. The highest BCUT2D eigenvalue weighted by Gasteiger charge is 2.05.